The molecule has 0 amide bonds. The van der Waals surface area contributed by atoms with Crippen LogP contribution in [0, 0.1) is 0 Å². The van der Waals surface area contributed by atoms with Crippen molar-refractivity contribution in [2.45, 2.75) is 0 Å². The molecule has 0 fully saturated rings. The van der Waals surface area contributed by atoms with Crippen molar-refractivity contribution >= 4 is 22.5 Å². The number of hydrogen-bond donors (Lipinski definition) is 3. The molecule has 0 atom stereocenters. The molecule has 1 aromatic carbocycles. The summed E-state index contributed by atoms with van der Waals surface area (Å²) in [7, 11) is 0. The lowest BCUT2D eigenvalue weighted by atomic mass is 10.2. The van der Waals surface area contributed by atoms with Crippen LogP contribution in [-0.4, -0.2) is 20.1 Å². The molecule has 19 heavy (non-hydrogen) atoms. The van der Waals surface area contributed by atoms with Crippen LogP contribution in [0.3, 0.4) is 0 Å². The summed E-state index contributed by atoms with van der Waals surface area (Å²) in [6.07, 6.45) is 1.73. The van der Waals surface area contributed by atoms with Gasteiger partial charge in [-0.3, -0.25) is 14.8 Å². The largest absolute Gasteiger partial charge is 0.493 e. The molecule has 3 N–H and O–H groups in total. The van der Waals surface area contributed by atoms with E-state index in [1.807, 2.05) is 30.3 Å². The van der Waals surface area contributed by atoms with Crippen molar-refractivity contribution in [2.75, 3.05) is 5.32 Å². The second-order valence-corrected chi connectivity index (χ2v) is 3.99. The monoisotopic (exact) mass is 254 g/mol. The fourth-order valence-corrected chi connectivity index (χ4v) is 1.79. The number of anilines is 2. The van der Waals surface area contributed by atoms with Gasteiger partial charge in [-0.15, -0.1) is 0 Å². The van der Waals surface area contributed by atoms with E-state index in [0.29, 0.717) is 0 Å². The van der Waals surface area contributed by atoms with Gasteiger partial charge in [-0.1, -0.05) is 6.07 Å². The second kappa shape index (κ2) is 4.41. The van der Waals surface area contributed by atoms with E-state index >= 15 is 0 Å². The van der Waals surface area contributed by atoms with Crippen LogP contribution < -0.4 is 10.9 Å². The zero-order chi connectivity index (χ0) is 13.2. The van der Waals surface area contributed by atoms with Crippen molar-refractivity contribution in [1.29, 1.82) is 0 Å². The standard InChI is InChI=1S/C13H10N4O2/c18-11-7-12(19)17-13(16-11)15-9-3-4-10-8(6-9)2-1-5-14-10/h1-7H,(H3,15,16,17,18,19). The summed E-state index contributed by atoms with van der Waals surface area (Å²) in [5, 5.41) is 13.2. The van der Waals surface area contributed by atoms with E-state index < -0.39 is 5.56 Å². The van der Waals surface area contributed by atoms with Gasteiger partial charge in [0.2, 0.25) is 11.8 Å². The lowest BCUT2D eigenvalue weighted by Gasteiger charge is -2.06. The number of aromatic nitrogens is 3. The quantitative estimate of drug-likeness (QED) is 0.648. The molecule has 94 valence electrons. The SMILES string of the molecule is O=c1cc(O)nc(Nc2ccc3ncccc3c2)[nH]1. The Kier molecular flexibility index (Phi) is 2.60. The van der Waals surface area contributed by atoms with Gasteiger partial charge >= 0.3 is 0 Å². The number of hydrogen-bond acceptors (Lipinski definition) is 5. The molecule has 0 unspecified atom stereocenters. The highest BCUT2D eigenvalue weighted by molar-refractivity contribution is 5.82. The second-order valence-electron chi connectivity index (χ2n) is 3.99. The van der Waals surface area contributed by atoms with Gasteiger partial charge in [0.1, 0.15) is 0 Å². The first-order valence-corrected chi connectivity index (χ1v) is 5.63. The number of pyridine rings is 1. The maximum atomic E-state index is 11.2. The summed E-state index contributed by atoms with van der Waals surface area (Å²) < 4.78 is 0. The molecule has 0 spiro atoms. The molecule has 0 bridgehead atoms. The van der Waals surface area contributed by atoms with Crippen molar-refractivity contribution < 1.29 is 5.11 Å². The lowest BCUT2D eigenvalue weighted by Crippen LogP contribution is -2.08. The summed E-state index contributed by atoms with van der Waals surface area (Å²) >= 11 is 0. The predicted molar refractivity (Wildman–Crippen MR) is 71.5 cm³/mol. The van der Waals surface area contributed by atoms with E-state index in [1.165, 1.54) is 0 Å². The highest BCUT2D eigenvalue weighted by Gasteiger charge is 2.01. The van der Waals surface area contributed by atoms with E-state index in [4.69, 9.17) is 0 Å². The molecule has 6 nitrogen and oxygen atoms in total. The summed E-state index contributed by atoms with van der Waals surface area (Å²) in [6, 6.07) is 10.4. The molecule has 6 heteroatoms. The number of aromatic hydroxyl groups is 1. The Morgan fingerprint density at radius 1 is 1.21 bits per heavy atom. The Balaban J connectivity index is 1.98. The molecule has 0 aliphatic heterocycles. The van der Waals surface area contributed by atoms with E-state index in [1.54, 1.807) is 6.20 Å². The van der Waals surface area contributed by atoms with E-state index in [9.17, 15) is 9.90 Å². The van der Waals surface area contributed by atoms with E-state index in [0.717, 1.165) is 22.7 Å². The lowest BCUT2D eigenvalue weighted by molar-refractivity contribution is 0.452. The first-order valence-electron chi connectivity index (χ1n) is 5.63. The van der Waals surface area contributed by atoms with Crippen LogP contribution in [0.5, 0.6) is 5.88 Å². The third-order valence-corrected chi connectivity index (χ3v) is 2.59. The molecular formula is C13H10N4O2. The van der Waals surface area contributed by atoms with Crippen LogP contribution in [0.2, 0.25) is 0 Å². The smallest absolute Gasteiger partial charge is 0.256 e. The maximum Gasteiger partial charge on any atom is 0.256 e. The third-order valence-electron chi connectivity index (χ3n) is 2.59. The third kappa shape index (κ3) is 2.37. The van der Waals surface area contributed by atoms with Gasteiger partial charge < -0.3 is 10.4 Å². The minimum Gasteiger partial charge on any atom is -0.493 e. The average molecular weight is 254 g/mol. The summed E-state index contributed by atoms with van der Waals surface area (Å²) in [5.74, 6) is -0.137. The van der Waals surface area contributed by atoms with Gasteiger partial charge in [-0.25, -0.2) is 0 Å². The number of nitrogens with one attached hydrogen (secondary N) is 2. The van der Waals surface area contributed by atoms with Crippen LogP contribution in [0.1, 0.15) is 0 Å². The van der Waals surface area contributed by atoms with Crippen molar-refractivity contribution in [3.63, 3.8) is 0 Å². The number of nitrogens with zero attached hydrogens (tertiary/aromatic N) is 2. The van der Waals surface area contributed by atoms with Gasteiger partial charge in [0.05, 0.1) is 11.6 Å². The van der Waals surface area contributed by atoms with Crippen molar-refractivity contribution in [3.05, 3.63) is 52.9 Å². The molecule has 2 aromatic heterocycles. The average Bonchev–Trinajstić information content (AvgIpc) is 2.37. The number of fused-ring (bicyclic) bond motifs is 1. The molecular weight excluding hydrogens is 244 g/mol. The van der Waals surface area contributed by atoms with Gasteiger partial charge in [0, 0.05) is 17.3 Å². The van der Waals surface area contributed by atoms with Crippen LogP contribution in [0.15, 0.2) is 47.4 Å². The minimum absolute atomic E-state index is 0.188. The van der Waals surface area contributed by atoms with Gasteiger partial charge in [-0.05, 0) is 24.3 Å². The molecule has 0 saturated carbocycles. The summed E-state index contributed by atoms with van der Waals surface area (Å²) in [5.41, 5.74) is 1.21. The minimum atomic E-state index is -0.419. The Hall–Kier alpha value is -2.89. The van der Waals surface area contributed by atoms with Gasteiger partial charge in [0.15, 0.2) is 0 Å². The van der Waals surface area contributed by atoms with Crippen LogP contribution in [0.25, 0.3) is 10.9 Å². The van der Waals surface area contributed by atoms with E-state index in [2.05, 4.69) is 20.3 Å². The molecule has 2 heterocycles. The Morgan fingerprint density at radius 3 is 2.95 bits per heavy atom. The van der Waals surface area contributed by atoms with E-state index in [-0.39, 0.29) is 11.8 Å². The molecule has 0 saturated heterocycles. The molecule has 3 rings (SSSR count). The predicted octanol–water partition coefficient (Wildman–Crippen LogP) is 1.77. The van der Waals surface area contributed by atoms with Crippen LogP contribution in [0.4, 0.5) is 11.6 Å². The summed E-state index contributed by atoms with van der Waals surface area (Å²) in [6.45, 7) is 0. The van der Waals surface area contributed by atoms with Gasteiger partial charge in [0.25, 0.3) is 5.56 Å². The maximum absolute atomic E-state index is 11.2. The number of rotatable bonds is 2. The number of H-pyrrole nitrogens is 1. The Labute approximate surface area is 107 Å². The highest BCUT2D eigenvalue weighted by atomic mass is 16.3. The van der Waals surface area contributed by atoms with Crippen LogP contribution in [-0.2, 0) is 0 Å². The molecule has 3 aromatic rings. The first kappa shape index (κ1) is 11.2. The zero-order valence-corrected chi connectivity index (χ0v) is 9.79. The Bertz CT molecular complexity index is 798. The van der Waals surface area contributed by atoms with Gasteiger partial charge in [-0.2, -0.15) is 4.98 Å². The molecule has 0 radical (unpaired) electrons. The van der Waals surface area contributed by atoms with Crippen LogP contribution >= 0.6 is 0 Å². The fraction of sp³-hybridized carbons (Fsp3) is 0. The normalized spacial score (nSPS) is 10.5. The topological polar surface area (TPSA) is 90.9 Å². The Morgan fingerprint density at radius 2 is 2.11 bits per heavy atom. The summed E-state index contributed by atoms with van der Waals surface area (Å²) in [4.78, 5) is 21.7. The first-order chi connectivity index (χ1) is 9.20. The fourth-order valence-electron chi connectivity index (χ4n) is 1.79. The highest BCUT2D eigenvalue weighted by Crippen LogP contribution is 2.19. The van der Waals surface area contributed by atoms with Crippen molar-refractivity contribution in [3.8, 4) is 5.88 Å². The molecule has 0 aliphatic rings. The van der Waals surface area contributed by atoms with Crippen molar-refractivity contribution in [1.82, 2.24) is 15.0 Å². The zero-order valence-electron chi connectivity index (χ0n) is 9.79. The number of aromatic amines is 1. The molecule has 0 aliphatic carbocycles. The number of benzene rings is 1. The van der Waals surface area contributed by atoms with Crippen molar-refractivity contribution in [2.24, 2.45) is 0 Å².